The van der Waals surface area contributed by atoms with Crippen molar-refractivity contribution in [3.05, 3.63) is 115 Å². The Kier molecular flexibility index (Phi) is 3.85. The molecule has 6 rings (SSSR count). The fourth-order valence-corrected chi connectivity index (χ4v) is 4.36. The summed E-state index contributed by atoms with van der Waals surface area (Å²) in [6, 6.07) is 40.9. The molecular weight excluding hydrogens is 362 g/mol. The van der Waals surface area contributed by atoms with E-state index in [0.29, 0.717) is 0 Å². The highest BCUT2D eigenvalue weighted by Gasteiger charge is 2.10. The first kappa shape index (κ1) is 16.9. The zero-order valence-corrected chi connectivity index (χ0v) is 16.4. The van der Waals surface area contributed by atoms with E-state index >= 15 is 0 Å². The standard InChI is InChI=1S/C29H19N/c1-4-10-25-23(8-1)19-24-9-2-5-11-26(24)29(25)22-15-13-21(14-16-22)28-18-17-20-7-3-6-12-27(20)30-28/h1-19H. The Hall–Kier alpha value is -3.97. The van der Waals surface area contributed by atoms with Crippen LogP contribution in [0.3, 0.4) is 0 Å². The Morgan fingerprint density at radius 3 is 1.70 bits per heavy atom. The van der Waals surface area contributed by atoms with Crippen LogP contribution in [0.4, 0.5) is 0 Å². The second-order valence-electron chi connectivity index (χ2n) is 7.66. The van der Waals surface area contributed by atoms with E-state index in [1.54, 1.807) is 0 Å². The van der Waals surface area contributed by atoms with Crippen LogP contribution in [-0.4, -0.2) is 4.98 Å². The van der Waals surface area contributed by atoms with Gasteiger partial charge >= 0.3 is 0 Å². The first-order valence-corrected chi connectivity index (χ1v) is 10.2. The van der Waals surface area contributed by atoms with Gasteiger partial charge in [0.15, 0.2) is 0 Å². The van der Waals surface area contributed by atoms with Crippen LogP contribution in [0.2, 0.25) is 0 Å². The maximum atomic E-state index is 4.85. The Labute approximate surface area is 175 Å². The number of hydrogen-bond acceptors (Lipinski definition) is 1. The molecule has 140 valence electrons. The molecule has 1 aromatic heterocycles. The summed E-state index contributed by atoms with van der Waals surface area (Å²) in [5.41, 5.74) is 5.69. The molecule has 0 unspecified atom stereocenters. The molecule has 0 atom stereocenters. The van der Waals surface area contributed by atoms with Crippen LogP contribution in [0.5, 0.6) is 0 Å². The molecule has 1 heteroatoms. The normalized spacial score (nSPS) is 11.3. The molecule has 0 bridgehead atoms. The van der Waals surface area contributed by atoms with E-state index in [1.807, 2.05) is 12.1 Å². The van der Waals surface area contributed by atoms with Gasteiger partial charge in [0.1, 0.15) is 0 Å². The second-order valence-corrected chi connectivity index (χ2v) is 7.66. The van der Waals surface area contributed by atoms with Crippen LogP contribution in [0.1, 0.15) is 0 Å². The van der Waals surface area contributed by atoms with Crippen LogP contribution in [-0.2, 0) is 0 Å². The van der Waals surface area contributed by atoms with Gasteiger partial charge in [0.2, 0.25) is 0 Å². The number of rotatable bonds is 2. The Balaban J connectivity index is 1.52. The Morgan fingerprint density at radius 2 is 1.00 bits per heavy atom. The van der Waals surface area contributed by atoms with E-state index < -0.39 is 0 Å². The minimum absolute atomic E-state index is 1.00. The monoisotopic (exact) mass is 381 g/mol. The molecule has 0 N–H and O–H groups in total. The average Bonchev–Trinajstić information content (AvgIpc) is 2.82. The van der Waals surface area contributed by atoms with Crippen molar-refractivity contribution in [1.29, 1.82) is 0 Å². The molecule has 0 fully saturated rings. The SMILES string of the molecule is c1ccc2nc(-c3ccc(-c4c5ccccc5cc5ccccc45)cc3)ccc2c1. The largest absolute Gasteiger partial charge is 0.248 e. The molecule has 30 heavy (non-hydrogen) atoms. The van der Waals surface area contributed by atoms with Crippen molar-refractivity contribution >= 4 is 32.4 Å². The fraction of sp³-hybridized carbons (Fsp3) is 0. The highest BCUT2D eigenvalue weighted by atomic mass is 14.7. The predicted octanol–water partition coefficient (Wildman–Crippen LogP) is 7.88. The lowest BCUT2D eigenvalue weighted by atomic mass is 9.91. The quantitative estimate of drug-likeness (QED) is 0.278. The third-order valence-corrected chi connectivity index (χ3v) is 5.84. The van der Waals surface area contributed by atoms with Gasteiger partial charge in [-0.05, 0) is 50.9 Å². The summed E-state index contributed by atoms with van der Waals surface area (Å²) in [5, 5.41) is 6.28. The van der Waals surface area contributed by atoms with Crippen LogP contribution in [0.25, 0.3) is 54.8 Å². The molecule has 5 aromatic carbocycles. The number of para-hydroxylation sites is 1. The number of pyridine rings is 1. The number of fused-ring (bicyclic) bond motifs is 3. The second kappa shape index (κ2) is 6.82. The van der Waals surface area contributed by atoms with Crippen molar-refractivity contribution in [3.8, 4) is 22.4 Å². The zero-order valence-electron chi connectivity index (χ0n) is 16.4. The smallest absolute Gasteiger partial charge is 0.0709 e. The summed E-state index contributed by atoms with van der Waals surface area (Å²) in [5.74, 6) is 0. The van der Waals surface area contributed by atoms with Crippen LogP contribution < -0.4 is 0 Å². The van der Waals surface area contributed by atoms with Crippen molar-refractivity contribution in [1.82, 2.24) is 4.98 Å². The molecule has 6 aromatic rings. The summed E-state index contributed by atoms with van der Waals surface area (Å²) >= 11 is 0. The third kappa shape index (κ3) is 2.75. The lowest BCUT2D eigenvalue weighted by Gasteiger charge is -2.13. The van der Waals surface area contributed by atoms with Gasteiger partial charge < -0.3 is 0 Å². The zero-order chi connectivity index (χ0) is 19.9. The van der Waals surface area contributed by atoms with E-state index in [9.17, 15) is 0 Å². The topological polar surface area (TPSA) is 12.9 Å². The molecule has 0 saturated carbocycles. The van der Waals surface area contributed by atoms with E-state index in [2.05, 4.69) is 103 Å². The maximum absolute atomic E-state index is 4.85. The van der Waals surface area contributed by atoms with E-state index in [-0.39, 0.29) is 0 Å². The van der Waals surface area contributed by atoms with Gasteiger partial charge in [-0.2, -0.15) is 0 Å². The molecular formula is C29H19N. The Bertz CT molecular complexity index is 1470. The van der Waals surface area contributed by atoms with Gasteiger partial charge in [-0.15, -0.1) is 0 Å². The van der Waals surface area contributed by atoms with Crippen molar-refractivity contribution in [3.63, 3.8) is 0 Å². The van der Waals surface area contributed by atoms with Gasteiger partial charge in [-0.3, -0.25) is 0 Å². The summed E-state index contributed by atoms with van der Waals surface area (Å²) in [4.78, 5) is 4.85. The fourth-order valence-electron chi connectivity index (χ4n) is 4.36. The first-order chi connectivity index (χ1) is 14.9. The lowest BCUT2D eigenvalue weighted by Crippen LogP contribution is -1.87. The number of aromatic nitrogens is 1. The van der Waals surface area contributed by atoms with Crippen molar-refractivity contribution in [2.75, 3.05) is 0 Å². The first-order valence-electron chi connectivity index (χ1n) is 10.2. The van der Waals surface area contributed by atoms with E-state index in [1.165, 1.54) is 38.1 Å². The minimum atomic E-state index is 1.00. The van der Waals surface area contributed by atoms with Crippen molar-refractivity contribution in [2.45, 2.75) is 0 Å². The highest BCUT2D eigenvalue weighted by molar-refractivity contribution is 6.12. The van der Waals surface area contributed by atoms with Crippen LogP contribution >= 0.6 is 0 Å². The molecule has 1 nitrogen and oxygen atoms in total. The molecule has 0 radical (unpaired) electrons. The summed E-state index contributed by atoms with van der Waals surface area (Å²) in [6.07, 6.45) is 0. The molecule has 0 aliphatic rings. The van der Waals surface area contributed by atoms with Crippen molar-refractivity contribution in [2.24, 2.45) is 0 Å². The van der Waals surface area contributed by atoms with Gasteiger partial charge in [-0.25, -0.2) is 4.98 Å². The van der Waals surface area contributed by atoms with Gasteiger partial charge in [0.25, 0.3) is 0 Å². The number of hydrogen-bond donors (Lipinski definition) is 0. The highest BCUT2D eigenvalue weighted by Crippen LogP contribution is 2.37. The van der Waals surface area contributed by atoms with E-state index in [4.69, 9.17) is 4.98 Å². The lowest BCUT2D eigenvalue weighted by molar-refractivity contribution is 1.40. The molecule has 0 amide bonds. The summed E-state index contributed by atoms with van der Waals surface area (Å²) in [7, 11) is 0. The van der Waals surface area contributed by atoms with Crippen molar-refractivity contribution < 1.29 is 0 Å². The Morgan fingerprint density at radius 1 is 0.433 bits per heavy atom. The minimum Gasteiger partial charge on any atom is -0.248 e. The molecule has 0 spiro atoms. The van der Waals surface area contributed by atoms with Gasteiger partial charge in [0, 0.05) is 10.9 Å². The van der Waals surface area contributed by atoms with Crippen LogP contribution in [0.15, 0.2) is 115 Å². The predicted molar refractivity (Wildman–Crippen MR) is 128 cm³/mol. The molecule has 0 saturated heterocycles. The average molecular weight is 381 g/mol. The summed E-state index contributed by atoms with van der Waals surface area (Å²) < 4.78 is 0. The van der Waals surface area contributed by atoms with Gasteiger partial charge in [0.05, 0.1) is 11.2 Å². The number of nitrogens with zero attached hydrogens (tertiary/aromatic N) is 1. The van der Waals surface area contributed by atoms with Gasteiger partial charge in [-0.1, -0.05) is 97.1 Å². The van der Waals surface area contributed by atoms with E-state index in [0.717, 1.165) is 16.8 Å². The number of benzene rings is 5. The molecule has 1 heterocycles. The van der Waals surface area contributed by atoms with Crippen LogP contribution in [0, 0.1) is 0 Å². The molecule has 0 aliphatic heterocycles. The summed E-state index contributed by atoms with van der Waals surface area (Å²) in [6.45, 7) is 0. The maximum Gasteiger partial charge on any atom is 0.0709 e. The third-order valence-electron chi connectivity index (χ3n) is 5.84. The molecule has 0 aliphatic carbocycles.